The molecule has 0 aliphatic carbocycles. The van der Waals surface area contributed by atoms with Crippen LogP contribution in [0.2, 0.25) is 0 Å². The number of urea groups is 1. The van der Waals surface area contributed by atoms with Crippen LogP contribution in [0.3, 0.4) is 0 Å². The Hall–Kier alpha value is -4.09. The fourth-order valence-corrected chi connectivity index (χ4v) is 4.75. The first kappa shape index (κ1) is 28.9. The summed E-state index contributed by atoms with van der Waals surface area (Å²) in [5.74, 6) is -0.888. The largest absolute Gasteiger partial charge is 0.494 e. The number of rotatable bonds is 10. The summed E-state index contributed by atoms with van der Waals surface area (Å²) < 4.78 is 70.6. The summed E-state index contributed by atoms with van der Waals surface area (Å²) in [6.45, 7) is 3.54. The lowest BCUT2D eigenvalue weighted by atomic mass is 9.92. The fraction of sp³-hybridized carbons (Fsp3) is 0.393. The Morgan fingerprint density at radius 1 is 1.05 bits per heavy atom. The minimum atomic E-state index is -4.73. The fourth-order valence-electron chi connectivity index (χ4n) is 4.75. The van der Waals surface area contributed by atoms with Crippen molar-refractivity contribution in [1.82, 2.24) is 10.2 Å². The molecule has 1 aliphatic rings. The van der Waals surface area contributed by atoms with Crippen LogP contribution in [0.4, 0.5) is 22.4 Å². The van der Waals surface area contributed by atoms with Crippen molar-refractivity contribution in [2.45, 2.75) is 51.2 Å². The van der Waals surface area contributed by atoms with E-state index in [1.165, 1.54) is 38.3 Å². The van der Waals surface area contributed by atoms with Crippen LogP contribution in [0.1, 0.15) is 49.8 Å². The summed E-state index contributed by atoms with van der Waals surface area (Å²) in [6, 6.07) is 6.49. The van der Waals surface area contributed by atoms with Gasteiger partial charge < -0.3 is 19.2 Å². The predicted octanol–water partition coefficient (Wildman–Crippen LogP) is 5.54. The molecule has 1 aliphatic heterocycles. The molecule has 0 bridgehead atoms. The minimum Gasteiger partial charge on any atom is -0.494 e. The summed E-state index contributed by atoms with van der Waals surface area (Å²) >= 11 is 0. The number of amides is 3. The summed E-state index contributed by atoms with van der Waals surface area (Å²) in [5, 5.41) is 2.40. The molecule has 12 heteroatoms. The standard InChI is InChI=1S/C28H28F4N2O6/c1-4-7-18-21(11-9-17-19(28(30,31)32)15-23(35)40-24(17)18)39-13-6-5-12-34-25(36)27(2,33-26(34)37)16-8-10-22(38-3)20(29)14-16/h8-11,14-15H,4-7,12-13H2,1-3H3,(H,33,37). The van der Waals surface area contributed by atoms with Gasteiger partial charge in [-0.2, -0.15) is 13.2 Å². The monoisotopic (exact) mass is 564 g/mol. The molecular formula is C28H28F4N2O6. The lowest BCUT2D eigenvalue weighted by molar-refractivity contribution is -0.136. The van der Waals surface area contributed by atoms with Crippen LogP contribution in [0.5, 0.6) is 11.5 Å². The first-order valence-corrected chi connectivity index (χ1v) is 12.7. The van der Waals surface area contributed by atoms with Crippen molar-refractivity contribution in [3.05, 3.63) is 69.3 Å². The minimum absolute atomic E-state index is 0.0115. The first-order chi connectivity index (χ1) is 18.9. The zero-order valence-corrected chi connectivity index (χ0v) is 22.1. The number of methoxy groups -OCH3 is 1. The molecule has 40 heavy (non-hydrogen) atoms. The van der Waals surface area contributed by atoms with Crippen LogP contribution in [0.25, 0.3) is 11.0 Å². The van der Waals surface area contributed by atoms with E-state index in [9.17, 15) is 31.9 Å². The van der Waals surface area contributed by atoms with Gasteiger partial charge in [-0.15, -0.1) is 0 Å². The van der Waals surface area contributed by atoms with E-state index < -0.39 is 40.7 Å². The smallest absolute Gasteiger partial charge is 0.417 e. The maximum atomic E-state index is 14.2. The number of aryl methyl sites for hydroxylation is 1. The highest BCUT2D eigenvalue weighted by Gasteiger charge is 2.49. The molecule has 8 nitrogen and oxygen atoms in total. The summed E-state index contributed by atoms with van der Waals surface area (Å²) in [4.78, 5) is 38.6. The topological polar surface area (TPSA) is 98.1 Å². The van der Waals surface area contributed by atoms with E-state index in [-0.39, 0.29) is 35.4 Å². The SMILES string of the molecule is CCCc1c(OCCCCN2C(=O)NC(C)(c3ccc(OC)c(F)c3)C2=O)ccc2c(C(F)(F)F)cc(=O)oc12. The van der Waals surface area contributed by atoms with E-state index in [2.05, 4.69) is 5.32 Å². The van der Waals surface area contributed by atoms with Crippen LogP contribution in [0, 0.1) is 5.82 Å². The Bertz CT molecular complexity index is 1500. The second-order valence-corrected chi connectivity index (χ2v) is 9.56. The number of halogens is 4. The predicted molar refractivity (Wildman–Crippen MR) is 137 cm³/mol. The van der Waals surface area contributed by atoms with Gasteiger partial charge in [0.15, 0.2) is 11.6 Å². The second-order valence-electron chi connectivity index (χ2n) is 9.56. The van der Waals surface area contributed by atoms with Crippen LogP contribution >= 0.6 is 0 Å². The number of fused-ring (bicyclic) bond motifs is 1. The third-order valence-corrected chi connectivity index (χ3v) is 6.82. The normalized spacial score (nSPS) is 17.4. The lowest BCUT2D eigenvalue weighted by Crippen LogP contribution is -2.41. The van der Waals surface area contributed by atoms with Gasteiger partial charge in [-0.25, -0.2) is 14.0 Å². The number of benzene rings is 2. The zero-order chi connectivity index (χ0) is 29.2. The molecule has 1 atom stereocenters. The van der Waals surface area contributed by atoms with E-state index in [4.69, 9.17) is 13.9 Å². The summed E-state index contributed by atoms with van der Waals surface area (Å²) in [7, 11) is 1.32. The van der Waals surface area contributed by atoms with Gasteiger partial charge in [0.1, 0.15) is 16.9 Å². The number of hydrogen-bond donors (Lipinski definition) is 1. The van der Waals surface area contributed by atoms with Crippen LogP contribution in [-0.2, 0) is 22.9 Å². The number of imide groups is 1. The lowest BCUT2D eigenvalue weighted by Gasteiger charge is -2.22. The third-order valence-electron chi connectivity index (χ3n) is 6.82. The number of ether oxygens (including phenoxy) is 2. The Balaban J connectivity index is 1.42. The molecule has 0 spiro atoms. The Kier molecular flexibility index (Phi) is 8.08. The maximum Gasteiger partial charge on any atom is 0.417 e. The van der Waals surface area contributed by atoms with Gasteiger partial charge in [0.05, 0.1) is 19.3 Å². The highest BCUT2D eigenvalue weighted by Crippen LogP contribution is 2.38. The molecule has 1 saturated heterocycles. The van der Waals surface area contributed by atoms with Crippen molar-refractivity contribution < 1.29 is 41.0 Å². The molecule has 4 rings (SSSR count). The van der Waals surface area contributed by atoms with Crippen LogP contribution in [-0.4, -0.2) is 37.1 Å². The second kappa shape index (κ2) is 11.2. The molecule has 0 saturated carbocycles. The average molecular weight is 565 g/mol. The number of nitrogens with zero attached hydrogens (tertiary/aromatic N) is 1. The van der Waals surface area contributed by atoms with Gasteiger partial charge in [0.2, 0.25) is 0 Å². The zero-order valence-electron chi connectivity index (χ0n) is 22.1. The number of unbranched alkanes of at least 4 members (excludes halogenated alkanes) is 1. The van der Waals surface area contributed by atoms with E-state index in [1.807, 2.05) is 6.92 Å². The molecule has 1 aromatic heterocycles. The molecular weight excluding hydrogens is 536 g/mol. The quantitative estimate of drug-likeness (QED) is 0.150. The number of hydrogen-bond acceptors (Lipinski definition) is 6. The number of carbonyl (C=O) groups excluding carboxylic acids is 2. The van der Waals surface area contributed by atoms with Crippen molar-refractivity contribution in [3.8, 4) is 11.5 Å². The highest BCUT2D eigenvalue weighted by molar-refractivity contribution is 6.07. The maximum absolute atomic E-state index is 14.2. The number of nitrogens with one attached hydrogen (secondary N) is 1. The van der Waals surface area contributed by atoms with E-state index in [0.29, 0.717) is 43.1 Å². The van der Waals surface area contributed by atoms with Gasteiger partial charge in [0.25, 0.3) is 5.91 Å². The Morgan fingerprint density at radius 3 is 2.42 bits per heavy atom. The van der Waals surface area contributed by atoms with Gasteiger partial charge in [-0.05, 0) is 56.0 Å². The third kappa shape index (κ3) is 5.47. The molecule has 0 radical (unpaired) electrons. The molecule has 1 unspecified atom stereocenters. The molecule has 214 valence electrons. The number of carbonyl (C=O) groups is 2. The van der Waals surface area contributed by atoms with Gasteiger partial charge in [0, 0.05) is 23.6 Å². The van der Waals surface area contributed by atoms with Gasteiger partial charge >= 0.3 is 17.8 Å². The molecule has 1 N–H and O–H groups in total. The van der Waals surface area contributed by atoms with E-state index in [1.54, 1.807) is 0 Å². The van der Waals surface area contributed by atoms with Crippen molar-refractivity contribution >= 4 is 22.9 Å². The van der Waals surface area contributed by atoms with Crippen molar-refractivity contribution in [2.75, 3.05) is 20.3 Å². The molecule has 3 aromatic rings. The summed E-state index contributed by atoms with van der Waals surface area (Å²) in [5.41, 5.74) is -3.14. The Morgan fingerprint density at radius 2 is 1.77 bits per heavy atom. The first-order valence-electron chi connectivity index (χ1n) is 12.7. The number of alkyl halides is 3. The van der Waals surface area contributed by atoms with Gasteiger partial charge in [-0.3, -0.25) is 9.69 Å². The molecule has 3 amide bonds. The Labute approximate surface area is 226 Å². The van der Waals surface area contributed by atoms with E-state index in [0.717, 1.165) is 11.0 Å². The van der Waals surface area contributed by atoms with Gasteiger partial charge in [-0.1, -0.05) is 19.4 Å². The van der Waals surface area contributed by atoms with Crippen molar-refractivity contribution in [3.63, 3.8) is 0 Å². The molecule has 2 heterocycles. The molecule has 1 fully saturated rings. The van der Waals surface area contributed by atoms with Crippen molar-refractivity contribution in [1.29, 1.82) is 0 Å². The van der Waals surface area contributed by atoms with Crippen molar-refractivity contribution in [2.24, 2.45) is 0 Å². The summed E-state index contributed by atoms with van der Waals surface area (Å²) in [6.07, 6.45) is -3.06. The highest BCUT2D eigenvalue weighted by atomic mass is 19.4. The van der Waals surface area contributed by atoms with Crippen LogP contribution in [0.15, 0.2) is 45.6 Å². The molecule has 2 aromatic carbocycles. The average Bonchev–Trinajstić information content (AvgIpc) is 3.12. The van der Waals surface area contributed by atoms with E-state index >= 15 is 0 Å². The van der Waals surface area contributed by atoms with Crippen LogP contribution < -0.4 is 20.4 Å².